The number of nitrogens with zero attached hydrogens (tertiary/aromatic N) is 1. The molecule has 0 spiro atoms. The zero-order valence-electron chi connectivity index (χ0n) is 15.4. The number of alkyl halides is 3. The van der Waals surface area contributed by atoms with Gasteiger partial charge in [-0.25, -0.2) is 0 Å². The van der Waals surface area contributed by atoms with E-state index in [1.807, 2.05) is 5.32 Å². The minimum Gasteiger partial charge on any atom is -0.348 e. The largest absolute Gasteiger partial charge is 0.471 e. The monoisotopic (exact) mass is 397 g/mol. The molecule has 1 fully saturated rings. The maximum atomic E-state index is 12.8. The molecule has 1 aromatic carbocycles. The Hall–Kier alpha value is -2.84. The molecule has 152 valence electrons. The second-order valence-corrected chi connectivity index (χ2v) is 6.58. The molecule has 0 aromatic heterocycles. The Morgan fingerprint density at radius 3 is 2.46 bits per heavy atom. The molecule has 1 heterocycles. The van der Waals surface area contributed by atoms with Crippen molar-refractivity contribution in [2.45, 2.75) is 44.6 Å². The normalized spacial score (nSPS) is 19.6. The van der Waals surface area contributed by atoms with Gasteiger partial charge in [-0.05, 0) is 43.5 Å². The molecule has 0 unspecified atom stereocenters. The third kappa shape index (κ3) is 5.34. The van der Waals surface area contributed by atoms with Gasteiger partial charge in [0.2, 0.25) is 5.91 Å². The standard InChI is InChI=1S/C19H22F3N3O3/c1-3-16(26)23-11-13-6-8-14(9-7-13)17(27)25-10-4-5-15(12(25)2)24-18(28)19(20,21)22/h3,6-9,12,15H,1,4-5,10-11H2,2H3,(H,23,26)(H,24,28)/t12-,15-/m1/s1. The van der Waals surface area contributed by atoms with Crippen molar-refractivity contribution in [2.75, 3.05) is 6.54 Å². The lowest BCUT2D eigenvalue weighted by atomic mass is 9.96. The van der Waals surface area contributed by atoms with Crippen molar-refractivity contribution in [1.82, 2.24) is 15.5 Å². The Bertz CT molecular complexity index is 747. The highest BCUT2D eigenvalue weighted by molar-refractivity contribution is 5.94. The lowest BCUT2D eigenvalue weighted by molar-refractivity contribution is -0.175. The Morgan fingerprint density at radius 2 is 1.89 bits per heavy atom. The van der Waals surface area contributed by atoms with Gasteiger partial charge in [0.1, 0.15) is 0 Å². The molecule has 1 aromatic rings. The fourth-order valence-corrected chi connectivity index (χ4v) is 3.07. The van der Waals surface area contributed by atoms with Gasteiger partial charge in [0.15, 0.2) is 0 Å². The van der Waals surface area contributed by atoms with Gasteiger partial charge in [-0.15, -0.1) is 0 Å². The third-order valence-electron chi connectivity index (χ3n) is 4.68. The number of carbonyl (C=O) groups is 3. The summed E-state index contributed by atoms with van der Waals surface area (Å²) in [4.78, 5) is 36.6. The number of halogens is 3. The summed E-state index contributed by atoms with van der Waals surface area (Å²) in [5.41, 5.74) is 1.17. The SMILES string of the molecule is C=CC(=O)NCc1ccc(C(=O)N2CCC[C@@H](NC(=O)C(F)(F)F)[C@H]2C)cc1. The summed E-state index contributed by atoms with van der Waals surface area (Å²) in [6, 6.07) is 5.24. The number of piperidine rings is 1. The van der Waals surface area contributed by atoms with E-state index in [1.54, 1.807) is 31.2 Å². The summed E-state index contributed by atoms with van der Waals surface area (Å²) in [7, 11) is 0. The van der Waals surface area contributed by atoms with Gasteiger partial charge in [-0.2, -0.15) is 13.2 Å². The van der Waals surface area contributed by atoms with Gasteiger partial charge in [0, 0.05) is 30.7 Å². The van der Waals surface area contributed by atoms with E-state index in [0.717, 1.165) is 11.6 Å². The summed E-state index contributed by atoms with van der Waals surface area (Å²) in [5, 5.41) is 4.60. The Kier molecular flexibility index (Phi) is 6.82. The molecule has 9 heteroatoms. The van der Waals surface area contributed by atoms with Crippen LogP contribution in [0.3, 0.4) is 0 Å². The first-order valence-electron chi connectivity index (χ1n) is 8.81. The highest BCUT2D eigenvalue weighted by Crippen LogP contribution is 2.22. The molecule has 2 rings (SSSR count). The van der Waals surface area contributed by atoms with Crippen LogP contribution < -0.4 is 10.6 Å². The second kappa shape index (κ2) is 8.90. The van der Waals surface area contributed by atoms with Gasteiger partial charge in [-0.1, -0.05) is 18.7 Å². The first kappa shape index (κ1) is 21.5. The molecule has 1 aliphatic rings. The summed E-state index contributed by atoms with van der Waals surface area (Å²) >= 11 is 0. The van der Waals surface area contributed by atoms with E-state index in [-0.39, 0.29) is 18.4 Å². The van der Waals surface area contributed by atoms with E-state index < -0.39 is 24.2 Å². The molecular weight excluding hydrogens is 375 g/mol. The van der Waals surface area contributed by atoms with Crippen molar-refractivity contribution in [1.29, 1.82) is 0 Å². The van der Waals surface area contributed by atoms with Crippen LogP contribution in [0.2, 0.25) is 0 Å². The van der Waals surface area contributed by atoms with Gasteiger partial charge in [-0.3, -0.25) is 14.4 Å². The number of hydrogen-bond donors (Lipinski definition) is 2. The number of nitrogens with one attached hydrogen (secondary N) is 2. The van der Waals surface area contributed by atoms with Crippen LogP contribution in [0, 0.1) is 0 Å². The highest BCUT2D eigenvalue weighted by atomic mass is 19.4. The minimum absolute atomic E-state index is 0.283. The molecule has 0 saturated carbocycles. The zero-order valence-corrected chi connectivity index (χ0v) is 15.4. The minimum atomic E-state index is -4.96. The van der Waals surface area contributed by atoms with Crippen molar-refractivity contribution in [3.63, 3.8) is 0 Å². The van der Waals surface area contributed by atoms with Gasteiger partial charge < -0.3 is 15.5 Å². The lowest BCUT2D eigenvalue weighted by Gasteiger charge is -2.39. The van der Waals surface area contributed by atoms with Gasteiger partial charge in [0.25, 0.3) is 5.91 Å². The Morgan fingerprint density at radius 1 is 1.25 bits per heavy atom. The van der Waals surface area contributed by atoms with E-state index in [1.165, 1.54) is 4.90 Å². The van der Waals surface area contributed by atoms with E-state index in [2.05, 4.69) is 11.9 Å². The number of rotatable bonds is 5. The summed E-state index contributed by atoms with van der Waals surface area (Å²) in [6.07, 6.45) is -2.94. The average Bonchev–Trinajstić information content (AvgIpc) is 2.66. The Labute approximate surface area is 160 Å². The summed E-state index contributed by atoms with van der Waals surface area (Å²) in [6.45, 7) is 5.66. The molecule has 3 amide bonds. The first-order chi connectivity index (χ1) is 13.1. The molecule has 2 atom stereocenters. The lowest BCUT2D eigenvalue weighted by Crippen LogP contribution is -2.57. The maximum absolute atomic E-state index is 12.8. The summed E-state index contributed by atoms with van der Waals surface area (Å²) in [5.74, 6) is -2.63. The van der Waals surface area contributed by atoms with Crippen LogP contribution in [-0.2, 0) is 16.1 Å². The fraction of sp³-hybridized carbons (Fsp3) is 0.421. The van der Waals surface area contributed by atoms with Crippen molar-refractivity contribution >= 4 is 17.7 Å². The number of hydrogen-bond acceptors (Lipinski definition) is 3. The average molecular weight is 397 g/mol. The van der Waals surface area contributed by atoms with Gasteiger partial charge >= 0.3 is 12.1 Å². The smallest absolute Gasteiger partial charge is 0.348 e. The van der Waals surface area contributed by atoms with E-state index in [4.69, 9.17) is 0 Å². The first-order valence-corrected chi connectivity index (χ1v) is 8.81. The van der Waals surface area contributed by atoms with Gasteiger partial charge in [0.05, 0.1) is 0 Å². The number of benzene rings is 1. The maximum Gasteiger partial charge on any atom is 0.471 e. The van der Waals surface area contributed by atoms with Crippen LogP contribution in [0.4, 0.5) is 13.2 Å². The molecule has 2 N–H and O–H groups in total. The fourth-order valence-electron chi connectivity index (χ4n) is 3.07. The van der Waals surface area contributed by atoms with Crippen molar-refractivity contribution in [3.05, 3.63) is 48.0 Å². The summed E-state index contributed by atoms with van der Waals surface area (Å²) < 4.78 is 37.5. The molecule has 0 aliphatic carbocycles. The predicted molar refractivity (Wildman–Crippen MR) is 96.2 cm³/mol. The quantitative estimate of drug-likeness (QED) is 0.748. The van der Waals surface area contributed by atoms with Crippen molar-refractivity contribution < 1.29 is 27.6 Å². The molecular formula is C19H22F3N3O3. The molecule has 1 aliphatic heterocycles. The topological polar surface area (TPSA) is 78.5 Å². The van der Waals surface area contributed by atoms with E-state index in [9.17, 15) is 27.6 Å². The van der Waals surface area contributed by atoms with Crippen LogP contribution in [0.5, 0.6) is 0 Å². The number of likely N-dealkylation sites (tertiary alicyclic amines) is 1. The number of carbonyl (C=O) groups excluding carboxylic acids is 3. The van der Waals surface area contributed by atoms with Crippen molar-refractivity contribution in [2.24, 2.45) is 0 Å². The molecule has 0 radical (unpaired) electrons. The third-order valence-corrected chi connectivity index (χ3v) is 4.68. The molecule has 28 heavy (non-hydrogen) atoms. The zero-order chi connectivity index (χ0) is 20.9. The second-order valence-electron chi connectivity index (χ2n) is 6.58. The van der Waals surface area contributed by atoms with Crippen LogP contribution in [0.15, 0.2) is 36.9 Å². The van der Waals surface area contributed by atoms with Crippen LogP contribution in [-0.4, -0.2) is 47.4 Å². The van der Waals surface area contributed by atoms with Crippen molar-refractivity contribution in [3.8, 4) is 0 Å². The van der Waals surface area contributed by atoms with Crippen LogP contribution in [0.1, 0.15) is 35.7 Å². The number of amides is 3. The molecule has 6 nitrogen and oxygen atoms in total. The van der Waals surface area contributed by atoms with E-state index in [0.29, 0.717) is 24.9 Å². The van der Waals surface area contributed by atoms with E-state index >= 15 is 0 Å². The molecule has 0 bridgehead atoms. The van der Waals surface area contributed by atoms with Crippen LogP contribution in [0.25, 0.3) is 0 Å². The predicted octanol–water partition coefficient (Wildman–Crippen LogP) is 2.16. The molecule has 1 saturated heterocycles. The highest BCUT2D eigenvalue weighted by Gasteiger charge is 2.42. The van der Waals surface area contributed by atoms with Crippen LogP contribution >= 0.6 is 0 Å². The Balaban J connectivity index is 2.03.